The van der Waals surface area contributed by atoms with Gasteiger partial charge in [0, 0.05) is 12.6 Å². The summed E-state index contributed by atoms with van der Waals surface area (Å²) in [5.74, 6) is 1.62. The number of likely N-dealkylation sites (tertiary alicyclic amines) is 1. The second kappa shape index (κ2) is 7.62. The molecular weight excluding hydrogens is 355 g/mol. The molecule has 1 aliphatic carbocycles. The van der Waals surface area contributed by atoms with Gasteiger partial charge in [-0.25, -0.2) is 4.79 Å². The molecule has 0 bridgehead atoms. The largest absolute Gasteiger partial charge is 0.410 e. The molecule has 2 aliphatic rings. The van der Waals surface area contributed by atoms with E-state index in [1.807, 2.05) is 0 Å². The number of halogens is 3. The highest BCUT2D eigenvalue weighted by Crippen LogP contribution is 2.45. The maximum Gasteiger partial charge on any atom is 0.410 e. The van der Waals surface area contributed by atoms with Gasteiger partial charge in [-0.2, -0.15) is 13.2 Å². The number of nitrogens with two attached hydrogens (primary N) is 1. The van der Waals surface area contributed by atoms with E-state index in [0.717, 1.165) is 12.5 Å². The second-order valence-corrected chi connectivity index (χ2v) is 6.86. The Bertz CT molecular complexity index is 796. The number of nitrogen functional groups attached to an aromatic ring is 1. The monoisotopic (exact) mass is 377 g/mol. The summed E-state index contributed by atoms with van der Waals surface area (Å²) in [6.07, 6.45) is 2.03. The molecule has 3 N–H and O–H groups in total. The molecule has 1 aromatic carbocycles. The lowest BCUT2D eigenvalue weighted by Gasteiger charge is -2.50. The van der Waals surface area contributed by atoms with Crippen molar-refractivity contribution in [3.8, 4) is 0 Å². The summed E-state index contributed by atoms with van der Waals surface area (Å²) >= 11 is 0. The molecule has 27 heavy (non-hydrogen) atoms. The van der Waals surface area contributed by atoms with Crippen LogP contribution >= 0.6 is 0 Å². The van der Waals surface area contributed by atoms with E-state index in [4.69, 9.17) is 5.73 Å². The SMILES string of the molecule is Nc1ccccc1NC1CCCCN1C1(C(F)(F)F)C=CC(C=C=O)=CC1. The number of rotatable bonds is 4. The number of hydrogen-bond acceptors (Lipinski definition) is 4. The van der Waals surface area contributed by atoms with Gasteiger partial charge in [0.2, 0.25) is 0 Å². The number of anilines is 2. The number of allylic oxidation sites excluding steroid dienone is 3. The third-order valence-electron chi connectivity index (χ3n) is 5.22. The maximum atomic E-state index is 14.2. The second-order valence-electron chi connectivity index (χ2n) is 6.86. The summed E-state index contributed by atoms with van der Waals surface area (Å²) in [6, 6.07) is 7.07. The first kappa shape index (κ1) is 19.3. The summed E-state index contributed by atoms with van der Waals surface area (Å²) in [5, 5.41) is 3.21. The molecule has 1 heterocycles. The molecule has 0 radical (unpaired) electrons. The quantitative estimate of drug-likeness (QED) is 0.614. The van der Waals surface area contributed by atoms with Crippen molar-refractivity contribution in [1.29, 1.82) is 0 Å². The van der Waals surface area contributed by atoms with Gasteiger partial charge in [-0.3, -0.25) is 4.90 Å². The van der Waals surface area contributed by atoms with Gasteiger partial charge in [0.15, 0.2) is 0 Å². The van der Waals surface area contributed by atoms with Crippen molar-refractivity contribution in [3.63, 3.8) is 0 Å². The van der Waals surface area contributed by atoms with Gasteiger partial charge in [0.25, 0.3) is 0 Å². The highest BCUT2D eigenvalue weighted by molar-refractivity contribution is 5.66. The molecule has 7 heteroatoms. The fourth-order valence-electron chi connectivity index (χ4n) is 3.77. The molecule has 1 fully saturated rings. The summed E-state index contributed by atoms with van der Waals surface area (Å²) in [5.41, 5.74) is 5.42. The van der Waals surface area contributed by atoms with Crippen LogP contribution in [0.1, 0.15) is 25.7 Å². The lowest BCUT2D eigenvalue weighted by atomic mass is 9.83. The Labute approximate surface area is 156 Å². The first-order valence-electron chi connectivity index (χ1n) is 8.92. The molecule has 0 aromatic heterocycles. The van der Waals surface area contributed by atoms with Crippen LogP contribution in [0.5, 0.6) is 0 Å². The van der Waals surface area contributed by atoms with Gasteiger partial charge >= 0.3 is 6.18 Å². The van der Waals surface area contributed by atoms with E-state index >= 15 is 0 Å². The third-order valence-corrected chi connectivity index (χ3v) is 5.22. The average Bonchev–Trinajstić information content (AvgIpc) is 2.64. The molecule has 144 valence electrons. The normalized spacial score (nSPS) is 26.2. The predicted octanol–water partition coefficient (Wildman–Crippen LogP) is 4.07. The number of carbonyl (C=O) groups excluding carboxylic acids is 1. The van der Waals surface area contributed by atoms with E-state index in [0.29, 0.717) is 36.3 Å². The Kier molecular flexibility index (Phi) is 5.44. The van der Waals surface area contributed by atoms with E-state index < -0.39 is 17.9 Å². The van der Waals surface area contributed by atoms with Gasteiger partial charge in [0.05, 0.1) is 17.5 Å². The number of benzene rings is 1. The third kappa shape index (κ3) is 3.80. The number of nitrogens with zero attached hydrogens (tertiary/aromatic N) is 1. The molecule has 1 saturated heterocycles. The van der Waals surface area contributed by atoms with Gasteiger partial charge in [0.1, 0.15) is 11.5 Å². The summed E-state index contributed by atoms with van der Waals surface area (Å²) in [6.45, 7) is 0.320. The minimum absolute atomic E-state index is 0.247. The first-order valence-corrected chi connectivity index (χ1v) is 8.92. The molecule has 3 rings (SSSR count). The van der Waals surface area contributed by atoms with Crippen molar-refractivity contribution in [2.75, 3.05) is 17.6 Å². The van der Waals surface area contributed by atoms with E-state index in [2.05, 4.69) is 5.32 Å². The highest BCUT2D eigenvalue weighted by atomic mass is 19.4. The molecule has 1 aliphatic heterocycles. The Morgan fingerprint density at radius 2 is 2.07 bits per heavy atom. The van der Waals surface area contributed by atoms with Gasteiger partial charge in [-0.1, -0.05) is 30.4 Å². The van der Waals surface area contributed by atoms with Crippen molar-refractivity contribution in [3.05, 3.63) is 54.1 Å². The van der Waals surface area contributed by atoms with Crippen molar-refractivity contribution in [2.24, 2.45) is 0 Å². The average molecular weight is 377 g/mol. The van der Waals surface area contributed by atoms with Crippen LogP contribution in [-0.4, -0.2) is 35.3 Å². The Morgan fingerprint density at radius 3 is 2.70 bits per heavy atom. The Hall–Kier alpha value is -2.50. The summed E-state index contributed by atoms with van der Waals surface area (Å²) in [7, 11) is 0. The van der Waals surface area contributed by atoms with Crippen LogP contribution in [-0.2, 0) is 4.79 Å². The fraction of sp³-hybridized carbons (Fsp3) is 0.400. The van der Waals surface area contributed by atoms with Crippen LogP contribution in [0.25, 0.3) is 0 Å². The smallest absolute Gasteiger partial charge is 0.397 e. The van der Waals surface area contributed by atoms with Crippen LogP contribution in [0.4, 0.5) is 24.5 Å². The minimum atomic E-state index is -4.46. The minimum Gasteiger partial charge on any atom is -0.397 e. The number of nitrogens with one attached hydrogen (secondary N) is 1. The van der Waals surface area contributed by atoms with Crippen LogP contribution in [0.2, 0.25) is 0 Å². The molecule has 0 amide bonds. The lowest BCUT2D eigenvalue weighted by molar-refractivity contribution is -0.222. The highest BCUT2D eigenvalue weighted by Gasteiger charge is 2.58. The zero-order valence-electron chi connectivity index (χ0n) is 14.8. The fourth-order valence-corrected chi connectivity index (χ4v) is 3.77. The predicted molar refractivity (Wildman–Crippen MR) is 99.7 cm³/mol. The molecule has 4 nitrogen and oxygen atoms in total. The van der Waals surface area contributed by atoms with Crippen LogP contribution in [0.3, 0.4) is 0 Å². The van der Waals surface area contributed by atoms with Crippen molar-refractivity contribution in [1.82, 2.24) is 4.90 Å². The van der Waals surface area contributed by atoms with Crippen molar-refractivity contribution < 1.29 is 18.0 Å². The zero-order chi connectivity index (χ0) is 19.5. The van der Waals surface area contributed by atoms with Crippen molar-refractivity contribution >= 4 is 17.3 Å². The molecule has 2 unspecified atom stereocenters. The molecular formula is C20H22F3N3O. The molecule has 1 aromatic rings. The van der Waals surface area contributed by atoms with E-state index in [1.165, 1.54) is 23.1 Å². The van der Waals surface area contributed by atoms with Gasteiger partial charge in [-0.05, 0) is 43.4 Å². The molecule has 2 atom stereocenters. The summed E-state index contributed by atoms with van der Waals surface area (Å²) in [4.78, 5) is 12.0. The number of alkyl halides is 3. The van der Waals surface area contributed by atoms with Crippen LogP contribution < -0.4 is 11.1 Å². The van der Waals surface area contributed by atoms with Crippen LogP contribution in [0.15, 0.2) is 54.1 Å². The van der Waals surface area contributed by atoms with Crippen LogP contribution in [0, 0.1) is 0 Å². The number of hydrogen-bond donors (Lipinski definition) is 2. The Morgan fingerprint density at radius 1 is 1.30 bits per heavy atom. The number of piperidine rings is 1. The zero-order valence-corrected chi connectivity index (χ0v) is 14.8. The van der Waals surface area contributed by atoms with Gasteiger partial charge < -0.3 is 11.1 Å². The van der Waals surface area contributed by atoms with E-state index in [-0.39, 0.29) is 6.42 Å². The Balaban J connectivity index is 1.94. The standard InChI is InChI=1S/C20H22F3N3O/c21-20(22,23)19(11-8-15(9-12-19)10-14-27)26-13-4-3-7-18(26)25-17-6-2-1-5-16(17)24/h1-2,5-6,8-11,18,25H,3-4,7,12-13,24H2. The molecule has 0 spiro atoms. The molecule has 0 saturated carbocycles. The van der Waals surface area contributed by atoms with Crippen molar-refractivity contribution in [2.45, 2.75) is 43.6 Å². The van der Waals surface area contributed by atoms with E-state index in [1.54, 1.807) is 30.2 Å². The summed E-state index contributed by atoms with van der Waals surface area (Å²) < 4.78 is 42.7. The topological polar surface area (TPSA) is 58.4 Å². The van der Waals surface area contributed by atoms with Gasteiger partial charge in [-0.15, -0.1) is 0 Å². The first-order chi connectivity index (χ1) is 12.9. The maximum absolute atomic E-state index is 14.2. The number of para-hydroxylation sites is 2. The lowest BCUT2D eigenvalue weighted by Crippen LogP contribution is -2.64. The van der Waals surface area contributed by atoms with E-state index in [9.17, 15) is 18.0 Å².